The van der Waals surface area contributed by atoms with E-state index >= 15 is 0 Å². The Kier molecular flexibility index (Phi) is 5.24. The fourth-order valence-corrected chi connectivity index (χ4v) is 3.10. The summed E-state index contributed by atoms with van der Waals surface area (Å²) in [5, 5.41) is 8.06. The number of fused-ring (bicyclic) bond motifs is 1. The minimum Gasteiger partial charge on any atom is -0.497 e. The van der Waals surface area contributed by atoms with Gasteiger partial charge < -0.3 is 19.3 Å². The molecule has 4 rings (SSSR count). The first-order valence-corrected chi connectivity index (χ1v) is 9.00. The third-order valence-electron chi connectivity index (χ3n) is 4.57. The Labute approximate surface area is 166 Å². The molecular weight excluding hydrogens is 375 g/mol. The maximum Gasteiger partial charge on any atom is 0.263 e. The second kappa shape index (κ2) is 8.14. The summed E-state index contributed by atoms with van der Waals surface area (Å²) in [6.45, 7) is 0.600. The van der Waals surface area contributed by atoms with Crippen LogP contribution in [0.2, 0.25) is 0 Å². The molecule has 0 aliphatic carbocycles. The highest BCUT2D eigenvalue weighted by Crippen LogP contribution is 2.31. The summed E-state index contributed by atoms with van der Waals surface area (Å²) >= 11 is 0. The lowest BCUT2D eigenvalue weighted by Crippen LogP contribution is -2.08. The summed E-state index contributed by atoms with van der Waals surface area (Å²) in [6.07, 6.45) is 2.12. The number of hydrogen-bond acceptors (Lipinski definition) is 7. The molecule has 0 atom stereocenters. The van der Waals surface area contributed by atoms with Gasteiger partial charge in [-0.1, -0.05) is 11.2 Å². The van der Waals surface area contributed by atoms with Crippen molar-refractivity contribution in [1.82, 2.24) is 15.1 Å². The highest BCUT2D eigenvalue weighted by molar-refractivity contribution is 5.97. The van der Waals surface area contributed by atoms with Crippen LogP contribution in [-0.2, 0) is 6.42 Å². The van der Waals surface area contributed by atoms with Gasteiger partial charge in [0.15, 0.2) is 0 Å². The Morgan fingerprint density at radius 1 is 1.03 bits per heavy atom. The van der Waals surface area contributed by atoms with Crippen molar-refractivity contribution in [1.29, 1.82) is 0 Å². The van der Waals surface area contributed by atoms with Crippen LogP contribution in [-0.4, -0.2) is 35.9 Å². The molecule has 2 aromatic carbocycles. The Hall–Kier alpha value is -3.68. The summed E-state index contributed by atoms with van der Waals surface area (Å²) in [6, 6.07) is 11.8. The van der Waals surface area contributed by atoms with E-state index in [1.165, 1.54) is 18.5 Å². The number of rotatable bonds is 7. The molecule has 0 aliphatic rings. The summed E-state index contributed by atoms with van der Waals surface area (Å²) in [7, 11) is 3.25. The number of nitrogens with one attached hydrogen (secondary N) is 1. The lowest BCUT2D eigenvalue weighted by molar-refractivity contribution is 0.391. The fourth-order valence-electron chi connectivity index (χ4n) is 3.10. The first kappa shape index (κ1) is 18.7. The van der Waals surface area contributed by atoms with Crippen molar-refractivity contribution in [2.24, 2.45) is 0 Å². The number of methoxy groups -OCH3 is 2. The highest BCUT2D eigenvalue weighted by Gasteiger charge is 2.17. The summed E-state index contributed by atoms with van der Waals surface area (Å²) in [5.41, 5.74) is 2.68. The van der Waals surface area contributed by atoms with Crippen LogP contribution in [0.4, 0.5) is 10.2 Å². The van der Waals surface area contributed by atoms with E-state index in [0.29, 0.717) is 35.6 Å². The third kappa shape index (κ3) is 3.82. The van der Waals surface area contributed by atoms with Crippen LogP contribution in [0.3, 0.4) is 0 Å². The average molecular weight is 394 g/mol. The zero-order valence-corrected chi connectivity index (χ0v) is 16.0. The smallest absolute Gasteiger partial charge is 0.263 e. The van der Waals surface area contributed by atoms with Gasteiger partial charge in [-0.05, 0) is 42.3 Å². The molecular formula is C21H19FN4O3. The molecule has 8 heteroatoms. The third-order valence-corrected chi connectivity index (χ3v) is 4.57. The number of nitrogens with zero attached hydrogens (tertiary/aromatic N) is 3. The SMILES string of the molecule is COc1ccc(CCNc2ncnc3onc(-c4ccc(F)cc4)c23)c(OC)c1. The van der Waals surface area contributed by atoms with Gasteiger partial charge in [0.2, 0.25) is 0 Å². The van der Waals surface area contributed by atoms with Gasteiger partial charge in [0.1, 0.15) is 40.5 Å². The van der Waals surface area contributed by atoms with Crippen molar-refractivity contribution in [3.63, 3.8) is 0 Å². The Morgan fingerprint density at radius 3 is 2.62 bits per heavy atom. The van der Waals surface area contributed by atoms with E-state index in [4.69, 9.17) is 14.0 Å². The number of ether oxygens (including phenoxy) is 2. The Bertz CT molecular complexity index is 1130. The molecule has 4 aromatic rings. The monoisotopic (exact) mass is 394 g/mol. The van der Waals surface area contributed by atoms with Crippen LogP contribution in [0.1, 0.15) is 5.56 Å². The molecule has 0 saturated carbocycles. The predicted molar refractivity (Wildman–Crippen MR) is 107 cm³/mol. The molecule has 0 radical (unpaired) electrons. The van der Waals surface area contributed by atoms with E-state index in [1.807, 2.05) is 18.2 Å². The van der Waals surface area contributed by atoms with Crippen LogP contribution >= 0.6 is 0 Å². The molecule has 0 fully saturated rings. The minimum atomic E-state index is -0.315. The first-order chi connectivity index (χ1) is 14.2. The summed E-state index contributed by atoms with van der Waals surface area (Å²) in [5.74, 6) is 1.79. The molecule has 1 N–H and O–H groups in total. The van der Waals surface area contributed by atoms with Crippen molar-refractivity contribution in [3.8, 4) is 22.8 Å². The highest BCUT2D eigenvalue weighted by atomic mass is 19.1. The topological polar surface area (TPSA) is 82.3 Å². The first-order valence-electron chi connectivity index (χ1n) is 9.00. The van der Waals surface area contributed by atoms with Crippen LogP contribution in [0.15, 0.2) is 53.3 Å². The number of benzene rings is 2. The number of anilines is 1. The maximum absolute atomic E-state index is 13.3. The molecule has 0 saturated heterocycles. The molecule has 0 unspecified atom stereocenters. The molecule has 0 bridgehead atoms. The lowest BCUT2D eigenvalue weighted by atomic mass is 10.1. The minimum absolute atomic E-state index is 0.315. The van der Waals surface area contributed by atoms with Crippen LogP contribution in [0.25, 0.3) is 22.4 Å². The zero-order chi connectivity index (χ0) is 20.2. The second-order valence-corrected chi connectivity index (χ2v) is 6.30. The van der Waals surface area contributed by atoms with Crippen molar-refractivity contribution in [2.45, 2.75) is 6.42 Å². The zero-order valence-electron chi connectivity index (χ0n) is 16.0. The van der Waals surface area contributed by atoms with E-state index in [0.717, 1.165) is 22.6 Å². The van der Waals surface area contributed by atoms with E-state index in [2.05, 4.69) is 20.4 Å². The van der Waals surface area contributed by atoms with Crippen LogP contribution in [0.5, 0.6) is 11.5 Å². The number of hydrogen-bond donors (Lipinski definition) is 1. The van der Waals surface area contributed by atoms with Crippen molar-refractivity contribution < 1.29 is 18.4 Å². The van der Waals surface area contributed by atoms with E-state index in [1.54, 1.807) is 26.4 Å². The standard InChI is InChI=1S/C21H19FN4O3/c1-27-16-8-5-13(17(11-16)28-2)9-10-23-20-18-19(14-3-6-15(22)7-4-14)26-29-21(18)25-12-24-20/h3-8,11-12H,9-10H2,1-2H3,(H,23,24,25). The normalized spacial score (nSPS) is 10.9. The second-order valence-electron chi connectivity index (χ2n) is 6.30. The fraction of sp³-hybridized carbons (Fsp3) is 0.190. The number of aromatic nitrogens is 3. The van der Waals surface area contributed by atoms with Gasteiger partial charge in [-0.25, -0.2) is 9.37 Å². The summed E-state index contributed by atoms with van der Waals surface area (Å²) < 4.78 is 29.3. The molecule has 2 aromatic heterocycles. The average Bonchev–Trinajstić information content (AvgIpc) is 3.19. The Balaban J connectivity index is 1.57. The van der Waals surface area contributed by atoms with Gasteiger partial charge in [-0.15, -0.1) is 0 Å². The molecule has 29 heavy (non-hydrogen) atoms. The molecule has 0 amide bonds. The largest absolute Gasteiger partial charge is 0.497 e. The van der Waals surface area contributed by atoms with Gasteiger partial charge in [0.25, 0.3) is 5.71 Å². The molecule has 148 valence electrons. The van der Waals surface area contributed by atoms with E-state index < -0.39 is 0 Å². The van der Waals surface area contributed by atoms with E-state index in [-0.39, 0.29) is 5.82 Å². The van der Waals surface area contributed by atoms with Gasteiger partial charge in [0, 0.05) is 18.2 Å². The summed E-state index contributed by atoms with van der Waals surface area (Å²) in [4.78, 5) is 8.47. The van der Waals surface area contributed by atoms with Crippen molar-refractivity contribution in [3.05, 3.63) is 60.2 Å². The molecule has 0 aliphatic heterocycles. The molecule has 2 heterocycles. The van der Waals surface area contributed by atoms with Gasteiger partial charge >= 0.3 is 0 Å². The van der Waals surface area contributed by atoms with Crippen molar-refractivity contribution >= 4 is 16.9 Å². The van der Waals surface area contributed by atoms with Crippen LogP contribution < -0.4 is 14.8 Å². The van der Waals surface area contributed by atoms with Crippen molar-refractivity contribution in [2.75, 3.05) is 26.1 Å². The van der Waals surface area contributed by atoms with Crippen LogP contribution in [0, 0.1) is 5.82 Å². The quantitative estimate of drug-likeness (QED) is 0.505. The van der Waals surface area contributed by atoms with Gasteiger partial charge in [0.05, 0.1) is 14.2 Å². The lowest BCUT2D eigenvalue weighted by Gasteiger charge is -2.11. The number of halogens is 1. The molecule has 0 spiro atoms. The van der Waals surface area contributed by atoms with E-state index in [9.17, 15) is 4.39 Å². The molecule has 7 nitrogen and oxygen atoms in total. The predicted octanol–water partition coefficient (Wildman–Crippen LogP) is 4.10. The Morgan fingerprint density at radius 2 is 1.86 bits per heavy atom. The van der Waals surface area contributed by atoms with Gasteiger partial charge in [-0.3, -0.25) is 0 Å². The van der Waals surface area contributed by atoms with Gasteiger partial charge in [-0.2, -0.15) is 4.98 Å². The maximum atomic E-state index is 13.3.